The number of thioether (sulfide) groups is 1. The zero-order valence-corrected chi connectivity index (χ0v) is 7.70. The van der Waals surface area contributed by atoms with Gasteiger partial charge in [0.2, 0.25) is 0 Å². The van der Waals surface area contributed by atoms with Crippen LogP contribution < -0.4 is 0 Å². The van der Waals surface area contributed by atoms with Gasteiger partial charge in [-0.1, -0.05) is 12.8 Å². The lowest BCUT2D eigenvalue weighted by Gasteiger charge is -2.28. The smallest absolute Gasteiger partial charge is 0.0684 e. The predicted molar refractivity (Wildman–Crippen MR) is 48.8 cm³/mol. The Balaban J connectivity index is 2.00. The summed E-state index contributed by atoms with van der Waals surface area (Å²) in [5.74, 6) is 3.10. The van der Waals surface area contributed by atoms with Crippen LogP contribution in [-0.4, -0.2) is 22.2 Å². The predicted octanol–water partition coefficient (Wildman–Crippen LogP) is 2.04. The molecule has 2 heteroatoms. The molecule has 64 valence electrons. The van der Waals surface area contributed by atoms with Gasteiger partial charge in [0.1, 0.15) is 0 Å². The summed E-state index contributed by atoms with van der Waals surface area (Å²) in [6.07, 6.45) is 5.88. The number of aliphatic hydroxyl groups is 1. The van der Waals surface area contributed by atoms with E-state index >= 15 is 0 Å². The zero-order chi connectivity index (χ0) is 7.73. The van der Waals surface area contributed by atoms with Crippen molar-refractivity contribution in [3.05, 3.63) is 0 Å². The summed E-state index contributed by atoms with van der Waals surface area (Å²) in [6.45, 7) is 0. The molecule has 0 radical (unpaired) electrons. The highest BCUT2D eigenvalue weighted by molar-refractivity contribution is 7.99. The van der Waals surface area contributed by atoms with Gasteiger partial charge in [-0.25, -0.2) is 0 Å². The minimum atomic E-state index is -0.247. The topological polar surface area (TPSA) is 20.2 Å². The van der Waals surface area contributed by atoms with Crippen LogP contribution in [0, 0.1) is 5.92 Å². The van der Waals surface area contributed by atoms with Gasteiger partial charge in [0.25, 0.3) is 0 Å². The standard InChI is InChI=1S/C9H16OS/c10-9(4-1-2-5-9)8-3-6-11-7-8/h8,10H,1-7H2. The van der Waals surface area contributed by atoms with Gasteiger partial charge in [0, 0.05) is 0 Å². The molecule has 0 aromatic rings. The van der Waals surface area contributed by atoms with E-state index < -0.39 is 0 Å². The van der Waals surface area contributed by atoms with E-state index in [4.69, 9.17) is 0 Å². The van der Waals surface area contributed by atoms with E-state index in [0.717, 1.165) is 12.8 Å². The van der Waals surface area contributed by atoms with Crippen molar-refractivity contribution in [3.63, 3.8) is 0 Å². The molecule has 2 aliphatic rings. The molecule has 2 rings (SSSR count). The third kappa shape index (κ3) is 1.43. The summed E-state index contributed by atoms with van der Waals surface area (Å²) < 4.78 is 0. The molecule has 1 heterocycles. The lowest BCUT2D eigenvalue weighted by Crippen LogP contribution is -2.34. The molecule has 0 aromatic carbocycles. The zero-order valence-electron chi connectivity index (χ0n) is 6.88. The van der Waals surface area contributed by atoms with E-state index in [2.05, 4.69) is 0 Å². The molecule has 1 unspecified atom stereocenters. The monoisotopic (exact) mass is 172 g/mol. The fourth-order valence-corrected chi connectivity index (χ4v) is 3.73. The van der Waals surface area contributed by atoms with Crippen LogP contribution in [0.15, 0.2) is 0 Å². The Kier molecular flexibility index (Phi) is 2.15. The minimum Gasteiger partial charge on any atom is -0.390 e. The van der Waals surface area contributed by atoms with E-state index in [9.17, 15) is 5.11 Å². The quantitative estimate of drug-likeness (QED) is 0.653. The first-order valence-corrected chi connectivity index (χ1v) is 5.77. The van der Waals surface area contributed by atoms with Gasteiger partial charge in [-0.3, -0.25) is 0 Å². The molecular formula is C9H16OS. The van der Waals surface area contributed by atoms with Crippen LogP contribution in [0.25, 0.3) is 0 Å². The van der Waals surface area contributed by atoms with Crippen LogP contribution in [0.1, 0.15) is 32.1 Å². The maximum absolute atomic E-state index is 10.2. The van der Waals surface area contributed by atoms with Gasteiger partial charge in [-0.15, -0.1) is 0 Å². The molecule has 1 nitrogen and oxygen atoms in total. The molecular weight excluding hydrogens is 156 g/mol. The Morgan fingerprint density at radius 3 is 2.55 bits per heavy atom. The van der Waals surface area contributed by atoms with Crippen molar-refractivity contribution in [2.75, 3.05) is 11.5 Å². The Morgan fingerprint density at radius 1 is 1.27 bits per heavy atom. The molecule has 1 saturated carbocycles. The molecule has 0 spiro atoms. The van der Waals surface area contributed by atoms with Crippen LogP contribution in [0.3, 0.4) is 0 Å². The van der Waals surface area contributed by atoms with Crippen LogP contribution in [0.4, 0.5) is 0 Å². The summed E-state index contributed by atoms with van der Waals surface area (Å²) >= 11 is 2.01. The third-order valence-corrected chi connectivity index (χ3v) is 4.32. The minimum absolute atomic E-state index is 0.247. The molecule has 1 atom stereocenters. The van der Waals surface area contributed by atoms with Crippen LogP contribution in [0.2, 0.25) is 0 Å². The highest BCUT2D eigenvalue weighted by Gasteiger charge is 2.40. The molecule has 0 aromatic heterocycles. The van der Waals surface area contributed by atoms with Gasteiger partial charge in [-0.2, -0.15) is 11.8 Å². The highest BCUT2D eigenvalue weighted by atomic mass is 32.2. The summed E-state index contributed by atoms with van der Waals surface area (Å²) in [7, 11) is 0. The molecule has 1 N–H and O–H groups in total. The highest BCUT2D eigenvalue weighted by Crippen LogP contribution is 2.42. The summed E-state index contributed by atoms with van der Waals surface area (Å²) in [4.78, 5) is 0. The first-order chi connectivity index (χ1) is 5.31. The van der Waals surface area contributed by atoms with Gasteiger partial charge < -0.3 is 5.11 Å². The molecule has 2 fully saturated rings. The molecule has 0 bridgehead atoms. The Labute approximate surface area is 72.6 Å². The molecule has 1 aliphatic heterocycles. The van der Waals surface area contributed by atoms with E-state index in [0.29, 0.717) is 5.92 Å². The van der Waals surface area contributed by atoms with Crippen LogP contribution in [-0.2, 0) is 0 Å². The summed E-state index contributed by atoms with van der Waals surface area (Å²) in [5.41, 5.74) is -0.247. The van der Waals surface area contributed by atoms with Crippen LogP contribution >= 0.6 is 11.8 Å². The molecule has 0 amide bonds. The molecule has 1 saturated heterocycles. The average Bonchev–Trinajstić information content (AvgIpc) is 2.55. The normalized spacial score (nSPS) is 36.3. The van der Waals surface area contributed by atoms with Crippen molar-refractivity contribution in [1.82, 2.24) is 0 Å². The van der Waals surface area contributed by atoms with Crippen molar-refractivity contribution in [2.24, 2.45) is 5.92 Å². The lowest BCUT2D eigenvalue weighted by atomic mass is 9.85. The van der Waals surface area contributed by atoms with Gasteiger partial charge in [-0.05, 0) is 36.7 Å². The SMILES string of the molecule is OC1(C2CCSC2)CCCC1. The summed E-state index contributed by atoms with van der Waals surface area (Å²) in [6, 6.07) is 0. The van der Waals surface area contributed by atoms with Crippen molar-refractivity contribution >= 4 is 11.8 Å². The van der Waals surface area contributed by atoms with Crippen LogP contribution in [0.5, 0.6) is 0 Å². The van der Waals surface area contributed by atoms with Crippen molar-refractivity contribution in [2.45, 2.75) is 37.7 Å². The second-order valence-corrected chi connectivity index (χ2v) is 5.02. The third-order valence-electron chi connectivity index (χ3n) is 3.16. The molecule has 1 aliphatic carbocycles. The Morgan fingerprint density at radius 2 is 2.00 bits per heavy atom. The second kappa shape index (κ2) is 2.98. The second-order valence-electron chi connectivity index (χ2n) is 3.87. The van der Waals surface area contributed by atoms with Gasteiger partial charge >= 0.3 is 0 Å². The van der Waals surface area contributed by atoms with Gasteiger partial charge in [0.05, 0.1) is 5.60 Å². The summed E-state index contributed by atoms with van der Waals surface area (Å²) in [5, 5.41) is 10.2. The lowest BCUT2D eigenvalue weighted by molar-refractivity contribution is -0.00200. The first kappa shape index (κ1) is 7.93. The molecule has 11 heavy (non-hydrogen) atoms. The largest absolute Gasteiger partial charge is 0.390 e. The maximum Gasteiger partial charge on any atom is 0.0684 e. The van der Waals surface area contributed by atoms with Gasteiger partial charge in [0.15, 0.2) is 0 Å². The van der Waals surface area contributed by atoms with E-state index in [-0.39, 0.29) is 5.60 Å². The average molecular weight is 172 g/mol. The fraction of sp³-hybridized carbons (Fsp3) is 1.00. The van der Waals surface area contributed by atoms with E-state index in [1.54, 1.807) is 0 Å². The van der Waals surface area contributed by atoms with E-state index in [1.807, 2.05) is 11.8 Å². The number of rotatable bonds is 1. The van der Waals surface area contributed by atoms with Crippen molar-refractivity contribution in [1.29, 1.82) is 0 Å². The van der Waals surface area contributed by atoms with Crippen molar-refractivity contribution in [3.8, 4) is 0 Å². The fourth-order valence-electron chi connectivity index (χ4n) is 2.35. The Hall–Kier alpha value is 0.310. The maximum atomic E-state index is 10.2. The van der Waals surface area contributed by atoms with E-state index in [1.165, 1.54) is 30.8 Å². The number of hydrogen-bond donors (Lipinski definition) is 1. The number of hydrogen-bond acceptors (Lipinski definition) is 2. The first-order valence-electron chi connectivity index (χ1n) is 4.61. The van der Waals surface area contributed by atoms with Crippen molar-refractivity contribution < 1.29 is 5.11 Å². The Bertz CT molecular complexity index is 134.